The first-order valence-electron chi connectivity index (χ1n) is 6.09. The van der Waals surface area contributed by atoms with E-state index in [2.05, 4.69) is 33.9 Å². The Morgan fingerprint density at radius 2 is 2.00 bits per heavy atom. The summed E-state index contributed by atoms with van der Waals surface area (Å²) in [5.74, 6) is 2.32. The van der Waals surface area contributed by atoms with Crippen molar-refractivity contribution in [2.75, 3.05) is 52.1 Å². The molecule has 0 amide bonds. The fourth-order valence-corrected chi connectivity index (χ4v) is 5.05. The summed E-state index contributed by atoms with van der Waals surface area (Å²) in [5.41, 5.74) is 0. The van der Waals surface area contributed by atoms with Gasteiger partial charge in [-0.25, -0.2) is 0 Å². The molecule has 3 atom stereocenters. The van der Waals surface area contributed by atoms with Crippen LogP contribution in [-0.2, 0) is 0 Å². The minimum atomic E-state index is 0.868. The number of fused-ring (bicyclic) bond motifs is 1. The van der Waals surface area contributed by atoms with Crippen molar-refractivity contribution >= 4 is 11.8 Å². The van der Waals surface area contributed by atoms with E-state index in [-0.39, 0.29) is 0 Å². The molecule has 0 aromatic rings. The van der Waals surface area contributed by atoms with Crippen molar-refractivity contribution in [1.29, 1.82) is 0 Å². The molecule has 0 radical (unpaired) electrons. The van der Waals surface area contributed by atoms with Crippen molar-refractivity contribution in [3.05, 3.63) is 0 Å². The van der Waals surface area contributed by atoms with Gasteiger partial charge in [-0.3, -0.25) is 4.90 Å². The summed E-state index contributed by atoms with van der Waals surface area (Å²) in [5, 5.41) is 4.37. The van der Waals surface area contributed by atoms with Crippen LogP contribution in [0.2, 0.25) is 0 Å². The largest absolute Gasteiger partial charge is 0.314 e. The number of hydrogen-bond acceptors (Lipinski definition) is 4. The lowest BCUT2D eigenvalue weighted by Gasteiger charge is -2.35. The quantitative estimate of drug-likeness (QED) is 0.676. The molecule has 0 bridgehead atoms. The van der Waals surface area contributed by atoms with E-state index >= 15 is 0 Å². The first-order chi connectivity index (χ1) is 7.34. The van der Waals surface area contributed by atoms with E-state index in [0.29, 0.717) is 0 Å². The second-order valence-corrected chi connectivity index (χ2v) is 6.38. The molecule has 3 aliphatic heterocycles. The van der Waals surface area contributed by atoms with Crippen LogP contribution in [0.4, 0.5) is 0 Å². The average Bonchev–Trinajstić information content (AvgIpc) is 2.77. The van der Waals surface area contributed by atoms with Gasteiger partial charge >= 0.3 is 0 Å². The van der Waals surface area contributed by atoms with E-state index in [1.165, 1.54) is 45.0 Å². The standard InChI is InChI=1S/C11H21N3S/c1-13-6-9-10(8-15-11(9)7-13)14-4-2-12-3-5-14/h9-12H,2-8H2,1H3. The summed E-state index contributed by atoms with van der Waals surface area (Å²) in [6.45, 7) is 7.54. The Kier molecular flexibility index (Phi) is 2.94. The van der Waals surface area contributed by atoms with Crippen molar-refractivity contribution in [3.8, 4) is 0 Å². The molecule has 3 nitrogen and oxygen atoms in total. The van der Waals surface area contributed by atoms with Gasteiger partial charge in [0.15, 0.2) is 0 Å². The predicted molar refractivity (Wildman–Crippen MR) is 65.5 cm³/mol. The molecular formula is C11H21N3S. The predicted octanol–water partition coefficient (Wildman–Crippen LogP) is -0.0628. The highest BCUT2D eigenvalue weighted by molar-refractivity contribution is 8.00. The van der Waals surface area contributed by atoms with Gasteiger partial charge in [0.2, 0.25) is 0 Å². The van der Waals surface area contributed by atoms with E-state index in [1.54, 1.807) is 0 Å². The minimum Gasteiger partial charge on any atom is -0.314 e. The third-order valence-corrected chi connectivity index (χ3v) is 5.55. The molecule has 0 saturated carbocycles. The van der Waals surface area contributed by atoms with E-state index in [4.69, 9.17) is 0 Å². The Morgan fingerprint density at radius 1 is 1.20 bits per heavy atom. The molecule has 3 rings (SSSR count). The second-order valence-electron chi connectivity index (χ2n) is 5.11. The third kappa shape index (κ3) is 1.93. The molecule has 0 spiro atoms. The number of hydrogen-bond donors (Lipinski definition) is 1. The van der Waals surface area contributed by atoms with Crippen LogP contribution in [-0.4, -0.2) is 73.2 Å². The highest BCUT2D eigenvalue weighted by atomic mass is 32.2. The summed E-state index contributed by atoms with van der Waals surface area (Å²) >= 11 is 2.21. The van der Waals surface area contributed by atoms with E-state index in [0.717, 1.165) is 17.2 Å². The molecule has 0 aromatic heterocycles. The molecule has 3 heterocycles. The SMILES string of the molecule is CN1CC2SCC(N3CCNCC3)C2C1. The zero-order chi connectivity index (χ0) is 10.3. The number of nitrogens with zero attached hydrogens (tertiary/aromatic N) is 2. The van der Waals surface area contributed by atoms with Crippen LogP contribution in [0.25, 0.3) is 0 Å². The highest BCUT2D eigenvalue weighted by Crippen LogP contribution is 2.39. The number of nitrogens with one attached hydrogen (secondary N) is 1. The van der Waals surface area contributed by atoms with Crippen molar-refractivity contribution < 1.29 is 0 Å². The Labute approximate surface area is 96.6 Å². The minimum absolute atomic E-state index is 0.868. The van der Waals surface area contributed by atoms with Crippen LogP contribution in [0, 0.1) is 5.92 Å². The molecular weight excluding hydrogens is 206 g/mol. The van der Waals surface area contributed by atoms with Crippen molar-refractivity contribution in [1.82, 2.24) is 15.1 Å². The molecule has 1 N–H and O–H groups in total. The number of rotatable bonds is 1. The Hall–Kier alpha value is 0.230. The highest BCUT2D eigenvalue weighted by Gasteiger charge is 2.44. The lowest BCUT2D eigenvalue weighted by Crippen LogP contribution is -2.51. The second kappa shape index (κ2) is 4.24. The van der Waals surface area contributed by atoms with Crippen molar-refractivity contribution in [3.63, 3.8) is 0 Å². The summed E-state index contributed by atoms with van der Waals surface area (Å²) in [6, 6.07) is 0.868. The van der Waals surface area contributed by atoms with E-state index in [1.807, 2.05) is 0 Å². The molecule has 15 heavy (non-hydrogen) atoms. The molecule has 0 aromatic carbocycles. The van der Waals surface area contributed by atoms with Gasteiger partial charge in [0.1, 0.15) is 0 Å². The summed E-state index contributed by atoms with van der Waals surface area (Å²) in [6.07, 6.45) is 0. The lowest BCUT2D eigenvalue weighted by atomic mass is 9.98. The summed E-state index contributed by atoms with van der Waals surface area (Å²) in [7, 11) is 2.27. The normalized spacial score (nSPS) is 43.4. The summed E-state index contributed by atoms with van der Waals surface area (Å²) in [4.78, 5) is 5.24. The monoisotopic (exact) mass is 227 g/mol. The Balaban J connectivity index is 1.66. The maximum Gasteiger partial charge on any atom is 0.0239 e. The van der Waals surface area contributed by atoms with Gasteiger partial charge in [-0.15, -0.1) is 0 Å². The first-order valence-corrected chi connectivity index (χ1v) is 7.14. The smallest absolute Gasteiger partial charge is 0.0239 e. The van der Waals surface area contributed by atoms with Gasteiger partial charge in [-0.2, -0.15) is 11.8 Å². The first kappa shape index (κ1) is 10.4. The molecule has 3 aliphatic rings. The van der Waals surface area contributed by atoms with Gasteiger partial charge in [0.25, 0.3) is 0 Å². The molecule has 86 valence electrons. The van der Waals surface area contributed by atoms with Gasteiger partial charge in [0.05, 0.1) is 0 Å². The molecule has 3 fully saturated rings. The fourth-order valence-electron chi connectivity index (χ4n) is 3.28. The summed E-state index contributed by atoms with van der Waals surface area (Å²) < 4.78 is 0. The van der Waals surface area contributed by atoms with Crippen molar-refractivity contribution in [2.24, 2.45) is 5.92 Å². The Bertz CT molecular complexity index is 230. The van der Waals surface area contributed by atoms with Crippen molar-refractivity contribution in [2.45, 2.75) is 11.3 Å². The average molecular weight is 227 g/mol. The van der Waals surface area contributed by atoms with E-state index in [9.17, 15) is 0 Å². The van der Waals surface area contributed by atoms with E-state index < -0.39 is 0 Å². The van der Waals surface area contributed by atoms with Crippen LogP contribution >= 0.6 is 11.8 Å². The van der Waals surface area contributed by atoms with Crippen LogP contribution < -0.4 is 5.32 Å². The van der Waals surface area contributed by atoms with Crippen LogP contribution in [0.15, 0.2) is 0 Å². The van der Waals surface area contributed by atoms with Gasteiger partial charge < -0.3 is 10.2 Å². The lowest BCUT2D eigenvalue weighted by molar-refractivity contribution is 0.149. The topological polar surface area (TPSA) is 18.5 Å². The van der Waals surface area contributed by atoms with Crippen LogP contribution in [0.5, 0.6) is 0 Å². The van der Waals surface area contributed by atoms with Crippen LogP contribution in [0.3, 0.4) is 0 Å². The zero-order valence-corrected chi connectivity index (χ0v) is 10.3. The van der Waals surface area contributed by atoms with Gasteiger partial charge in [0, 0.05) is 62.2 Å². The van der Waals surface area contributed by atoms with Gasteiger partial charge in [-0.05, 0) is 7.05 Å². The van der Waals surface area contributed by atoms with Crippen LogP contribution in [0.1, 0.15) is 0 Å². The fraction of sp³-hybridized carbons (Fsp3) is 1.00. The number of likely N-dealkylation sites (tertiary alicyclic amines) is 1. The Morgan fingerprint density at radius 3 is 2.80 bits per heavy atom. The zero-order valence-electron chi connectivity index (χ0n) is 9.48. The molecule has 3 saturated heterocycles. The maximum absolute atomic E-state index is 3.45. The molecule has 4 heteroatoms. The maximum atomic E-state index is 3.45. The van der Waals surface area contributed by atoms with Gasteiger partial charge in [-0.1, -0.05) is 0 Å². The third-order valence-electron chi connectivity index (χ3n) is 4.09. The number of piperazine rings is 1. The molecule has 3 unspecified atom stereocenters. The number of thioether (sulfide) groups is 1. The molecule has 0 aliphatic carbocycles.